The normalized spacial score (nSPS) is 31.6. The van der Waals surface area contributed by atoms with E-state index in [9.17, 15) is 5.11 Å². The second kappa shape index (κ2) is 4.80. The van der Waals surface area contributed by atoms with Crippen molar-refractivity contribution in [1.82, 2.24) is 4.90 Å². The number of methoxy groups -OCH3 is 1. The lowest BCUT2D eigenvalue weighted by atomic mass is 9.92. The number of aliphatic hydroxyl groups is 1. The van der Waals surface area contributed by atoms with Crippen LogP contribution < -0.4 is 4.74 Å². The average Bonchev–Trinajstić information content (AvgIpc) is 3.16. The molecule has 104 valence electrons. The van der Waals surface area contributed by atoms with Crippen molar-refractivity contribution in [1.29, 1.82) is 0 Å². The maximum Gasteiger partial charge on any atom is 0.119 e. The van der Waals surface area contributed by atoms with Crippen LogP contribution in [-0.4, -0.2) is 41.3 Å². The SMILES string of the molecule is COc1cccc(CC2(O)CC(C)N(C3CC3)C2)c1. The van der Waals surface area contributed by atoms with Gasteiger partial charge in [0, 0.05) is 25.0 Å². The fourth-order valence-electron chi connectivity index (χ4n) is 3.41. The maximum atomic E-state index is 10.8. The predicted molar refractivity (Wildman–Crippen MR) is 75.5 cm³/mol. The van der Waals surface area contributed by atoms with Gasteiger partial charge in [0.15, 0.2) is 0 Å². The van der Waals surface area contributed by atoms with E-state index in [2.05, 4.69) is 17.9 Å². The second-order valence-electron chi connectivity index (χ2n) is 6.21. The molecule has 1 aliphatic heterocycles. The Bertz CT molecular complexity index is 458. The third-order valence-corrected chi connectivity index (χ3v) is 4.40. The highest BCUT2D eigenvalue weighted by atomic mass is 16.5. The lowest BCUT2D eigenvalue weighted by molar-refractivity contribution is 0.0486. The quantitative estimate of drug-likeness (QED) is 0.902. The summed E-state index contributed by atoms with van der Waals surface area (Å²) in [6, 6.07) is 9.28. The van der Waals surface area contributed by atoms with E-state index in [4.69, 9.17) is 4.74 Å². The summed E-state index contributed by atoms with van der Waals surface area (Å²) < 4.78 is 5.25. The Hall–Kier alpha value is -1.06. The van der Waals surface area contributed by atoms with Crippen LogP contribution in [0.3, 0.4) is 0 Å². The van der Waals surface area contributed by atoms with E-state index in [1.165, 1.54) is 12.8 Å². The molecule has 1 aromatic carbocycles. The average molecular weight is 261 g/mol. The number of hydrogen-bond donors (Lipinski definition) is 1. The molecular formula is C16H23NO2. The van der Waals surface area contributed by atoms with Crippen LogP contribution >= 0.6 is 0 Å². The lowest BCUT2D eigenvalue weighted by Crippen LogP contribution is -2.36. The van der Waals surface area contributed by atoms with E-state index < -0.39 is 5.60 Å². The third kappa shape index (κ3) is 2.77. The van der Waals surface area contributed by atoms with Crippen LogP contribution in [0.4, 0.5) is 0 Å². The fourth-order valence-corrected chi connectivity index (χ4v) is 3.41. The first-order valence-corrected chi connectivity index (χ1v) is 7.21. The first-order valence-electron chi connectivity index (χ1n) is 7.21. The molecule has 1 N–H and O–H groups in total. The van der Waals surface area contributed by atoms with Gasteiger partial charge in [0.1, 0.15) is 5.75 Å². The molecule has 2 unspecified atom stereocenters. The van der Waals surface area contributed by atoms with Gasteiger partial charge in [-0.3, -0.25) is 4.90 Å². The molecule has 0 radical (unpaired) electrons. The van der Waals surface area contributed by atoms with Crippen LogP contribution in [0.15, 0.2) is 24.3 Å². The maximum absolute atomic E-state index is 10.8. The number of benzene rings is 1. The van der Waals surface area contributed by atoms with E-state index in [1.54, 1.807) is 7.11 Å². The zero-order valence-corrected chi connectivity index (χ0v) is 11.8. The molecule has 2 fully saturated rings. The minimum Gasteiger partial charge on any atom is -0.497 e. The predicted octanol–water partition coefficient (Wildman–Crippen LogP) is 2.23. The Labute approximate surface area is 115 Å². The van der Waals surface area contributed by atoms with Crippen molar-refractivity contribution < 1.29 is 9.84 Å². The molecule has 0 amide bonds. The number of ether oxygens (including phenoxy) is 1. The molecule has 0 bridgehead atoms. The van der Waals surface area contributed by atoms with Crippen molar-refractivity contribution in [3.63, 3.8) is 0 Å². The van der Waals surface area contributed by atoms with E-state index in [1.807, 2.05) is 18.2 Å². The number of rotatable bonds is 4. The molecule has 1 saturated carbocycles. The number of nitrogens with zero attached hydrogens (tertiary/aromatic N) is 1. The largest absolute Gasteiger partial charge is 0.497 e. The Kier molecular flexibility index (Phi) is 3.27. The molecule has 1 aromatic rings. The Balaban J connectivity index is 1.71. The highest BCUT2D eigenvalue weighted by Crippen LogP contribution is 2.38. The van der Waals surface area contributed by atoms with Crippen LogP contribution in [0.2, 0.25) is 0 Å². The van der Waals surface area contributed by atoms with Crippen LogP contribution in [0, 0.1) is 0 Å². The van der Waals surface area contributed by atoms with Crippen molar-refractivity contribution in [3.05, 3.63) is 29.8 Å². The van der Waals surface area contributed by atoms with Gasteiger partial charge in [-0.05, 0) is 43.9 Å². The zero-order chi connectivity index (χ0) is 13.5. The number of β-amino-alcohol motifs (C(OH)–C–C–N with tert-alkyl or cyclic N) is 1. The van der Waals surface area contributed by atoms with Gasteiger partial charge in [0.25, 0.3) is 0 Å². The van der Waals surface area contributed by atoms with Gasteiger partial charge in [-0.2, -0.15) is 0 Å². The molecule has 2 aliphatic rings. The minimum absolute atomic E-state index is 0.503. The smallest absolute Gasteiger partial charge is 0.119 e. The Morgan fingerprint density at radius 1 is 1.42 bits per heavy atom. The standard InChI is InChI=1S/C16H23NO2/c1-12-9-16(18,11-17(12)14-6-7-14)10-13-4-3-5-15(8-13)19-2/h3-5,8,12,14,18H,6-7,9-11H2,1-2H3. The van der Waals surface area contributed by atoms with Crippen molar-refractivity contribution >= 4 is 0 Å². The highest BCUT2D eigenvalue weighted by molar-refractivity contribution is 5.29. The summed E-state index contributed by atoms with van der Waals surface area (Å²) in [5.74, 6) is 0.867. The van der Waals surface area contributed by atoms with Crippen LogP contribution in [0.25, 0.3) is 0 Å². The van der Waals surface area contributed by atoms with Gasteiger partial charge >= 0.3 is 0 Å². The molecule has 19 heavy (non-hydrogen) atoms. The minimum atomic E-state index is -0.575. The second-order valence-corrected chi connectivity index (χ2v) is 6.21. The molecule has 1 saturated heterocycles. The third-order valence-electron chi connectivity index (χ3n) is 4.40. The van der Waals surface area contributed by atoms with Gasteiger partial charge in [-0.1, -0.05) is 12.1 Å². The van der Waals surface area contributed by atoms with Gasteiger partial charge in [-0.15, -0.1) is 0 Å². The van der Waals surface area contributed by atoms with Gasteiger partial charge in [0.05, 0.1) is 12.7 Å². The van der Waals surface area contributed by atoms with Crippen LogP contribution in [-0.2, 0) is 6.42 Å². The fraction of sp³-hybridized carbons (Fsp3) is 0.625. The first kappa shape index (κ1) is 12.9. The highest BCUT2D eigenvalue weighted by Gasteiger charge is 2.45. The van der Waals surface area contributed by atoms with E-state index in [-0.39, 0.29) is 0 Å². The number of likely N-dealkylation sites (tertiary alicyclic amines) is 1. The molecule has 0 aromatic heterocycles. The van der Waals surface area contributed by atoms with Gasteiger partial charge in [-0.25, -0.2) is 0 Å². The zero-order valence-electron chi connectivity index (χ0n) is 11.8. The van der Waals surface area contributed by atoms with E-state index in [0.717, 1.165) is 36.7 Å². The van der Waals surface area contributed by atoms with E-state index in [0.29, 0.717) is 6.04 Å². The summed E-state index contributed by atoms with van der Waals surface area (Å²) in [5, 5.41) is 10.8. The summed E-state index contributed by atoms with van der Waals surface area (Å²) >= 11 is 0. The first-order chi connectivity index (χ1) is 9.09. The lowest BCUT2D eigenvalue weighted by Gasteiger charge is -2.24. The van der Waals surface area contributed by atoms with Crippen LogP contribution in [0.1, 0.15) is 31.7 Å². The summed E-state index contributed by atoms with van der Waals surface area (Å²) in [7, 11) is 1.68. The van der Waals surface area contributed by atoms with Gasteiger partial charge in [0.2, 0.25) is 0 Å². The van der Waals surface area contributed by atoms with Crippen molar-refractivity contribution in [2.45, 2.75) is 50.3 Å². The van der Waals surface area contributed by atoms with Crippen LogP contribution in [0.5, 0.6) is 5.75 Å². The van der Waals surface area contributed by atoms with Crippen molar-refractivity contribution in [2.75, 3.05) is 13.7 Å². The molecule has 1 aliphatic carbocycles. The molecule has 0 spiro atoms. The van der Waals surface area contributed by atoms with E-state index >= 15 is 0 Å². The molecule has 2 atom stereocenters. The topological polar surface area (TPSA) is 32.7 Å². The summed E-state index contributed by atoms with van der Waals surface area (Å²) in [6.45, 7) is 3.05. The summed E-state index contributed by atoms with van der Waals surface area (Å²) in [6.07, 6.45) is 4.21. The molecule has 3 rings (SSSR count). The molecule has 1 heterocycles. The Morgan fingerprint density at radius 2 is 2.21 bits per heavy atom. The summed E-state index contributed by atoms with van der Waals surface area (Å²) in [4.78, 5) is 2.49. The molecule has 3 nitrogen and oxygen atoms in total. The monoisotopic (exact) mass is 261 g/mol. The Morgan fingerprint density at radius 3 is 2.89 bits per heavy atom. The van der Waals surface area contributed by atoms with Crippen molar-refractivity contribution in [3.8, 4) is 5.75 Å². The number of hydrogen-bond acceptors (Lipinski definition) is 3. The molecular weight excluding hydrogens is 238 g/mol. The van der Waals surface area contributed by atoms with Crippen molar-refractivity contribution in [2.24, 2.45) is 0 Å². The van der Waals surface area contributed by atoms with Gasteiger partial charge < -0.3 is 9.84 Å². The molecule has 3 heteroatoms. The summed E-state index contributed by atoms with van der Waals surface area (Å²) in [5.41, 5.74) is 0.584.